The normalized spacial score (nSPS) is 18.9. The molecule has 0 unspecified atom stereocenters. The average molecular weight is 286 g/mol. The molecule has 0 radical (unpaired) electrons. The van der Waals surface area contributed by atoms with E-state index in [1.165, 1.54) is 19.3 Å². The number of aromatic nitrogens is 1. The highest BCUT2D eigenvalue weighted by molar-refractivity contribution is 5.91. The molecule has 1 atom stereocenters. The molecule has 2 N–H and O–H groups in total. The Labute approximate surface area is 124 Å². The van der Waals surface area contributed by atoms with Gasteiger partial charge < -0.3 is 14.8 Å². The van der Waals surface area contributed by atoms with Crippen molar-refractivity contribution in [3.05, 3.63) is 36.0 Å². The minimum absolute atomic E-state index is 0.286. The number of para-hydroxylation sites is 1. The summed E-state index contributed by atoms with van der Waals surface area (Å²) in [5.41, 5.74) is 1.83. The number of aromatic amines is 1. The summed E-state index contributed by atoms with van der Waals surface area (Å²) in [5.74, 6) is 0.423. The molecule has 3 rings (SSSR count). The summed E-state index contributed by atoms with van der Waals surface area (Å²) in [6.45, 7) is 0. The van der Waals surface area contributed by atoms with E-state index < -0.39 is 6.10 Å². The van der Waals surface area contributed by atoms with Crippen molar-refractivity contribution >= 4 is 16.8 Å². The van der Waals surface area contributed by atoms with Crippen LogP contribution in [-0.2, 0) is 4.74 Å². The van der Waals surface area contributed by atoms with Gasteiger partial charge in [0.25, 0.3) is 0 Å². The van der Waals surface area contributed by atoms with E-state index in [1.54, 1.807) is 7.11 Å². The molecular weight excluding hydrogens is 264 g/mol. The number of hydrogen-bond donors (Lipinski definition) is 2. The van der Waals surface area contributed by atoms with Crippen molar-refractivity contribution in [1.82, 2.24) is 4.98 Å². The van der Waals surface area contributed by atoms with Crippen molar-refractivity contribution in [2.24, 2.45) is 4.99 Å². The zero-order chi connectivity index (χ0) is 14.7. The first-order valence-corrected chi connectivity index (χ1v) is 7.65. The Balaban J connectivity index is 1.87. The zero-order valence-electron chi connectivity index (χ0n) is 12.4. The highest BCUT2D eigenvalue weighted by Gasteiger charge is 2.22. The highest BCUT2D eigenvalue weighted by atomic mass is 16.5. The van der Waals surface area contributed by atoms with Crippen LogP contribution in [0.25, 0.3) is 10.9 Å². The molecular formula is C17H22N2O2. The number of aliphatic imine (C=N–C) groups is 1. The minimum Gasteiger partial charge on any atom is -0.482 e. The van der Waals surface area contributed by atoms with Crippen LogP contribution in [0, 0.1) is 0 Å². The van der Waals surface area contributed by atoms with Crippen LogP contribution in [0.1, 0.15) is 43.8 Å². The summed E-state index contributed by atoms with van der Waals surface area (Å²) >= 11 is 0. The number of hydrogen-bond acceptors (Lipinski definition) is 3. The van der Waals surface area contributed by atoms with Crippen molar-refractivity contribution < 1.29 is 9.84 Å². The lowest BCUT2D eigenvalue weighted by atomic mass is 9.96. The summed E-state index contributed by atoms with van der Waals surface area (Å²) < 4.78 is 5.37. The van der Waals surface area contributed by atoms with Crippen LogP contribution in [0.4, 0.5) is 0 Å². The van der Waals surface area contributed by atoms with Gasteiger partial charge in [-0.05, 0) is 18.9 Å². The lowest BCUT2D eigenvalue weighted by molar-refractivity contribution is 0.205. The van der Waals surface area contributed by atoms with Gasteiger partial charge in [0.1, 0.15) is 0 Å². The van der Waals surface area contributed by atoms with E-state index in [9.17, 15) is 5.11 Å². The molecule has 1 aromatic heterocycles. The Morgan fingerprint density at radius 3 is 2.81 bits per heavy atom. The number of nitrogens with zero attached hydrogens (tertiary/aromatic N) is 1. The number of ether oxygens (including phenoxy) is 1. The van der Waals surface area contributed by atoms with Crippen LogP contribution in [0.15, 0.2) is 35.5 Å². The van der Waals surface area contributed by atoms with Crippen molar-refractivity contribution in [3.8, 4) is 0 Å². The van der Waals surface area contributed by atoms with Gasteiger partial charge in [0.2, 0.25) is 5.90 Å². The van der Waals surface area contributed by atoms with E-state index >= 15 is 0 Å². The second-order valence-electron chi connectivity index (χ2n) is 5.66. The lowest BCUT2D eigenvalue weighted by Gasteiger charge is -2.20. The van der Waals surface area contributed by atoms with Gasteiger partial charge in [0, 0.05) is 22.7 Å². The molecule has 1 heterocycles. The molecule has 0 bridgehead atoms. The molecule has 0 aliphatic heterocycles. The molecule has 0 spiro atoms. The van der Waals surface area contributed by atoms with Gasteiger partial charge in [-0.25, -0.2) is 4.99 Å². The zero-order valence-corrected chi connectivity index (χ0v) is 12.4. The van der Waals surface area contributed by atoms with E-state index in [0.717, 1.165) is 29.3 Å². The molecule has 1 fully saturated rings. The van der Waals surface area contributed by atoms with Crippen LogP contribution in [-0.4, -0.2) is 29.1 Å². The van der Waals surface area contributed by atoms with Crippen molar-refractivity contribution in [2.75, 3.05) is 7.11 Å². The van der Waals surface area contributed by atoms with E-state index in [2.05, 4.69) is 9.98 Å². The number of rotatable bonds is 3. The number of methoxy groups -OCH3 is 1. The molecule has 1 aliphatic rings. The number of H-pyrrole nitrogens is 1. The highest BCUT2D eigenvalue weighted by Crippen LogP contribution is 2.27. The van der Waals surface area contributed by atoms with Crippen molar-refractivity contribution in [1.29, 1.82) is 0 Å². The molecule has 1 saturated carbocycles. The molecule has 21 heavy (non-hydrogen) atoms. The molecule has 2 aromatic rings. The number of aliphatic hydroxyl groups excluding tert-OH is 1. The summed E-state index contributed by atoms with van der Waals surface area (Å²) in [6.07, 6.45) is 6.93. The van der Waals surface area contributed by atoms with Gasteiger partial charge >= 0.3 is 0 Å². The van der Waals surface area contributed by atoms with Crippen LogP contribution in [0.5, 0.6) is 0 Å². The molecule has 4 nitrogen and oxygen atoms in total. The van der Waals surface area contributed by atoms with Crippen molar-refractivity contribution in [2.45, 2.75) is 44.2 Å². The number of benzene rings is 1. The maximum atomic E-state index is 10.6. The third-order valence-electron chi connectivity index (χ3n) is 4.24. The van der Waals surface area contributed by atoms with E-state index in [4.69, 9.17) is 4.74 Å². The molecule has 0 amide bonds. The van der Waals surface area contributed by atoms with Crippen LogP contribution in [0.3, 0.4) is 0 Å². The number of nitrogens with one attached hydrogen (secondary N) is 1. The third kappa shape index (κ3) is 2.95. The molecule has 1 aliphatic carbocycles. The first-order valence-electron chi connectivity index (χ1n) is 7.65. The molecule has 112 valence electrons. The van der Waals surface area contributed by atoms with Crippen molar-refractivity contribution in [3.63, 3.8) is 0 Å². The largest absolute Gasteiger partial charge is 0.482 e. The van der Waals surface area contributed by atoms with Crippen LogP contribution < -0.4 is 0 Å². The second kappa shape index (κ2) is 6.31. The lowest BCUT2D eigenvalue weighted by Crippen LogP contribution is -2.19. The first-order chi connectivity index (χ1) is 10.3. The monoisotopic (exact) mass is 286 g/mol. The summed E-state index contributed by atoms with van der Waals surface area (Å²) in [5, 5.41) is 11.6. The molecule has 0 saturated heterocycles. The Morgan fingerprint density at radius 1 is 1.29 bits per heavy atom. The van der Waals surface area contributed by atoms with Crippen LogP contribution in [0.2, 0.25) is 0 Å². The van der Waals surface area contributed by atoms with Gasteiger partial charge in [0.05, 0.1) is 13.2 Å². The van der Waals surface area contributed by atoms with Gasteiger partial charge in [-0.3, -0.25) is 0 Å². The van der Waals surface area contributed by atoms with E-state index in [1.807, 2.05) is 30.5 Å². The van der Waals surface area contributed by atoms with E-state index in [0.29, 0.717) is 5.90 Å². The smallest absolute Gasteiger partial charge is 0.217 e. The minimum atomic E-state index is -0.812. The SMILES string of the molecule is COC(=NC1CCCCC1)[C@H](O)c1c[nH]c2ccccc12. The van der Waals surface area contributed by atoms with Gasteiger partial charge in [-0.15, -0.1) is 0 Å². The average Bonchev–Trinajstić information content (AvgIpc) is 2.97. The topological polar surface area (TPSA) is 57.6 Å². The summed E-state index contributed by atoms with van der Waals surface area (Å²) in [7, 11) is 1.58. The second-order valence-corrected chi connectivity index (χ2v) is 5.66. The predicted molar refractivity (Wildman–Crippen MR) is 84.6 cm³/mol. The third-order valence-corrected chi connectivity index (χ3v) is 4.24. The Morgan fingerprint density at radius 2 is 2.05 bits per heavy atom. The summed E-state index contributed by atoms with van der Waals surface area (Å²) in [4.78, 5) is 7.83. The Kier molecular flexibility index (Phi) is 4.25. The first kappa shape index (κ1) is 14.1. The fourth-order valence-corrected chi connectivity index (χ4v) is 3.08. The summed E-state index contributed by atoms with van der Waals surface area (Å²) in [6, 6.07) is 8.22. The maximum Gasteiger partial charge on any atom is 0.217 e. The number of fused-ring (bicyclic) bond motifs is 1. The Hall–Kier alpha value is -1.81. The fraction of sp³-hybridized carbons (Fsp3) is 0.471. The van der Waals surface area contributed by atoms with E-state index in [-0.39, 0.29) is 6.04 Å². The molecule has 4 heteroatoms. The maximum absolute atomic E-state index is 10.6. The molecule has 1 aromatic carbocycles. The number of aliphatic hydroxyl groups is 1. The Bertz CT molecular complexity index is 627. The van der Waals surface area contributed by atoms with Gasteiger partial charge in [-0.1, -0.05) is 37.5 Å². The van der Waals surface area contributed by atoms with Gasteiger partial charge in [0.15, 0.2) is 6.10 Å². The predicted octanol–water partition coefficient (Wildman–Crippen LogP) is 3.58. The fourth-order valence-electron chi connectivity index (χ4n) is 3.08. The quantitative estimate of drug-likeness (QED) is 0.669. The van der Waals surface area contributed by atoms with Crippen LogP contribution >= 0.6 is 0 Å². The van der Waals surface area contributed by atoms with Gasteiger partial charge in [-0.2, -0.15) is 0 Å². The standard InChI is InChI=1S/C17H22N2O2/c1-21-17(19-12-7-3-2-4-8-12)16(20)14-11-18-15-10-6-5-9-13(14)15/h5-6,9-12,16,18,20H,2-4,7-8H2,1H3/t16-/m1/s1.